The van der Waals surface area contributed by atoms with Crippen molar-refractivity contribution in [1.82, 2.24) is 0 Å². The van der Waals surface area contributed by atoms with Gasteiger partial charge in [-0.05, 0) is 63.7 Å². The first-order valence-electron chi connectivity index (χ1n) is 9.46. The molecule has 6 heteroatoms. The van der Waals surface area contributed by atoms with E-state index in [0.29, 0.717) is 25.7 Å². The van der Waals surface area contributed by atoms with Crippen molar-refractivity contribution in [3.8, 4) is 0 Å². The Hall–Kier alpha value is -1.14. The van der Waals surface area contributed by atoms with Gasteiger partial charge in [0, 0.05) is 11.8 Å². The summed E-state index contributed by atoms with van der Waals surface area (Å²) >= 11 is 0. The second-order valence-electron chi connectivity index (χ2n) is 9.77. The normalized spacial score (nSPS) is 61.6. The minimum atomic E-state index is -1.16. The molecule has 138 valence electrons. The van der Waals surface area contributed by atoms with Crippen LogP contribution in [0.25, 0.3) is 0 Å². The van der Waals surface area contributed by atoms with E-state index in [9.17, 15) is 24.9 Å². The summed E-state index contributed by atoms with van der Waals surface area (Å²) < 4.78 is 5.99. The quantitative estimate of drug-likeness (QED) is 0.617. The van der Waals surface area contributed by atoms with Gasteiger partial charge in [-0.15, -0.1) is 0 Å². The topological polar surface area (TPSA) is 104 Å². The maximum absolute atomic E-state index is 12.7. The lowest BCUT2D eigenvalue weighted by Gasteiger charge is -2.44. The largest absolute Gasteiger partial charge is 0.481 e. The smallest absolute Gasteiger partial charge is 0.315 e. The minimum Gasteiger partial charge on any atom is -0.481 e. The predicted octanol–water partition coefficient (Wildman–Crippen LogP) is 1.33. The molecule has 4 aliphatic carbocycles. The van der Waals surface area contributed by atoms with Crippen LogP contribution < -0.4 is 0 Å². The van der Waals surface area contributed by atoms with Crippen molar-refractivity contribution in [2.45, 2.75) is 69.7 Å². The highest BCUT2D eigenvalue weighted by Crippen LogP contribution is 2.78. The molecule has 0 aromatic carbocycles. The van der Waals surface area contributed by atoms with Crippen LogP contribution >= 0.6 is 0 Å². The van der Waals surface area contributed by atoms with E-state index in [0.717, 1.165) is 12.8 Å². The molecule has 1 unspecified atom stereocenters. The van der Waals surface area contributed by atoms with Crippen LogP contribution in [0.15, 0.2) is 0 Å². The molecule has 5 rings (SSSR count). The van der Waals surface area contributed by atoms with Crippen LogP contribution in [0.5, 0.6) is 0 Å². The highest BCUT2D eigenvalue weighted by atomic mass is 16.6. The Morgan fingerprint density at radius 3 is 2.64 bits per heavy atom. The number of carboxylic acids is 1. The van der Waals surface area contributed by atoms with Crippen molar-refractivity contribution in [2.75, 3.05) is 0 Å². The van der Waals surface area contributed by atoms with Gasteiger partial charge in [0.05, 0.1) is 23.0 Å². The van der Waals surface area contributed by atoms with Crippen LogP contribution in [0.4, 0.5) is 0 Å². The van der Waals surface area contributed by atoms with Crippen molar-refractivity contribution in [2.24, 2.45) is 34.5 Å². The average Bonchev–Trinajstić information content (AvgIpc) is 2.95. The first kappa shape index (κ1) is 16.1. The van der Waals surface area contributed by atoms with Crippen molar-refractivity contribution >= 4 is 11.9 Å². The molecule has 25 heavy (non-hydrogen) atoms. The number of ether oxygens (including phenoxy) is 1. The maximum Gasteiger partial charge on any atom is 0.315 e. The molecule has 1 saturated heterocycles. The SMILES string of the molecule is CC12C(=O)O[C@@]3(CC[C@@H]1O)[C@@H]2[C@H](C(=O)O)[C@@]12C[C@@H](CC[C@H]13)[C@](C)(O)C2. The van der Waals surface area contributed by atoms with E-state index < -0.39 is 51.9 Å². The Balaban J connectivity index is 1.74. The molecule has 9 atom stereocenters. The number of hydrogen-bond donors (Lipinski definition) is 3. The Labute approximate surface area is 146 Å². The molecule has 1 aliphatic heterocycles. The lowest BCUT2D eigenvalue weighted by atomic mass is 9.59. The van der Waals surface area contributed by atoms with Gasteiger partial charge in [0.25, 0.3) is 0 Å². The van der Waals surface area contributed by atoms with Crippen LogP contribution in [0.2, 0.25) is 0 Å². The van der Waals surface area contributed by atoms with Crippen LogP contribution in [0.3, 0.4) is 0 Å². The van der Waals surface area contributed by atoms with E-state index in [2.05, 4.69) is 0 Å². The molecule has 1 heterocycles. The summed E-state index contributed by atoms with van der Waals surface area (Å²) in [5.74, 6) is -2.53. The van der Waals surface area contributed by atoms with E-state index in [1.807, 2.05) is 6.92 Å². The van der Waals surface area contributed by atoms with Crippen LogP contribution in [0.1, 0.15) is 52.4 Å². The standard InChI is InChI=1S/C19H26O6/c1-16(24)8-18-7-9(16)3-4-10(18)19-6-5-11(20)17(2,15(23)25-19)13(19)12(18)14(21)22/h9-13,20,24H,3-8H2,1-2H3,(H,21,22)/t9-,10-,11+,12-,13-,16-,17?,18-,19-/m1/s1. The Morgan fingerprint density at radius 1 is 1.24 bits per heavy atom. The highest BCUT2D eigenvalue weighted by molar-refractivity contribution is 5.85. The second kappa shape index (κ2) is 4.22. The van der Waals surface area contributed by atoms with Crippen LogP contribution in [-0.2, 0) is 14.3 Å². The molecule has 5 fully saturated rings. The first-order chi connectivity index (χ1) is 11.6. The number of rotatable bonds is 1. The summed E-state index contributed by atoms with van der Waals surface area (Å²) in [5, 5.41) is 31.7. The number of carboxylic acid groups (broad SMARTS) is 1. The number of esters is 1. The zero-order chi connectivity index (χ0) is 18.0. The lowest BCUT2D eigenvalue weighted by Crippen LogP contribution is -2.53. The Morgan fingerprint density at radius 2 is 1.96 bits per heavy atom. The molecule has 0 aromatic heterocycles. The van der Waals surface area contributed by atoms with Gasteiger partial charge in [-0.25, -0.2) is 0 Å². The summed E-state index contributed by atoms with van der Waals surface area (Å²) in [6.07, 6.45) is 2.91. The lowest BCUT2D eigenvalue weighted by molar-refractivity contribution is -0.162. The van der Waals surface area contributed by atoms with Gasteiger partial charge in [0.15, 0.2) is 0 Å². The molecule has 4 bridgehead atoms. The Kier molecular flexibility index (Phi) is 2.71. The minimum absolute atomic E-state index is 0.0328. The summed E-state index contributed by atoms with van der Waals surface area (Å²) in [6.45, 7) is 3.52. The van der Waals surface area contributed by atoms with Gasteiger partial charge >= 0.3 is 11.9 Å². The first-order valence-corrected chi connectivity index (χ1v) is 9.46. The van der Waals surface area contributed by atoms with Crippen molar-refractivity contribution in [1.29, 1.82) is 0 Å². The molecule has 0 aromatic rings. The van der Waals surface area contributed by atoms with Crippen molar-refractivity contribution in [3.63, 3.8) is 0 Å². The fourth-order valence-electron chi connectivity index (χ4n) is 8.08. The van der Waals surface area contributed by atoms with Crippen molar-refractivity contribution in [3.05, 3.63) is 0 Å². The molecule has 6 nitrogen and oxygen atoms in total. The average molecular weight is 350 g/mol. The van der Waals surface area contributed by atoms with Gasteiger partial charge in [0.1, 0.15) is 5.60 Å². The summed E-state index contributed by atoms with van der Waals surface area (Å²) in [4.78, 5) is 25.2. The number of fused-ring (bicyclic) bond motifs is 1. The third-order valence-electron chi connectivity index (χ3n) is 8.90. The monoisotopic (exact) mass is 350 g/mol. The molecule has 1 spiro atoms. The Bertz CT molecular complexity index is 687. The predicted molar refractivity (Wildman–Crippen MR) is 85.3 cm³/mol. The maximum atomic E-state index is 12.7. The fourth-order valence-corrected chi connectivity index (χ4v) is 8.08. The zero-order valence-electron chi connectivity index (χ0n) is 14.7. The van der Waals surface area contributed by atoms with Crippen LogP contribution in [-0.4, -0.2) is 44.6 Å². The van der Waals surface area contributed by atoms with Crippen molar-refractivity contribution < 1.29 is 29.6 Å². The summed E-state index contributed by atoms with van der Waals surface area (Å²) in [6, 6.07) is 0. The summed E-state index contributed by atoms with van der Waals surface area (Å²) in [7, 11) is 0. The second-order valence-corrected chi connectivity index (χ2v) is 9.77. The molecule has 4 saturated carbocycles. The van der Waals surface area contributed by atoms with E-state index in [-0.39, 0.29) is 11.8 Å². The number of aliphatic carboxylic acids is 1. The van der Waals surface area contributed by atoms with E-state index in [1.54, 1.807) is 6.92 Å². The van der Waals surface area contributed by atoms with E-state index in [1.165, 1.54) is 0 Å². The van der Waals surface area contributed by atoms with Gasteiger partial charge in [-0.2, -0.15) is 0 Å². The molecule has 0 radical (unpaired) electrons. The molecular weight excluding hydrogens is 324 g/mol. The third-order valence-corrected chi connectivity index (χ3v) is 8.90. The van der Waals surface area contributed by atoms with Crippen LogP contribution in [0, 0.1) is 34.5 Å². The van der Waals surface area contributed by atoms with E-state index >= 15 is 0 Å². The number of hydrogen-bond acceptors (Lipinski definition) is 5. The highest BCUT2D eigenvalue weighted by Gasteiger charge is 2.84. The number of aliphatic hydroxyl groups is 2. The van der Waals surface area contributed by atoms with Gasteiger partial charge < -0.3 is 20.1 Å². The fraction of sp³-hybridized carbons (Fsp3) is 0.895. The number of carbonyl (C=O) groups excluding carboxylic acids is 1. The molecular formula is C19H26O6. The zero-order valence-corrected chi connectivity index (χ0v) is 14.7. The van der Waals surface area contributed by atoms with Gasteiger partial charge in [-0.1, -0.05) is 0 Å². The number of aliphatic hydroxyl groups excluding tert-OH is 1. The molecule has 3 N–H and O–H groups in total. The summed E-state index contributed by atoms with van der Waals surface area (Å²) in [5.41, 5.74) is -3.33. The van der Waals surface area contributed by atoms with E-state index in [4.69, 9.17) is 4.74 Å². The molecule has 5 aliphatic rings. The molecule has 0 amide bonds. The van der Waals surface area contributed by atoms with Gasteiger partial charge in [0.2, 0.25) is 0 Å². The number of carbonyl (C=O) groups is 2. The third kappa shape index (κ3) is 1.48. The van der Waals surface area contributed by atoms with Gasteiger partial charge in [-0.3, -0.25) is 9.59 Å².